The molecule has 3 rings (SSSR count). The molecule has 2 aromatic rings. The van der Waals surface area contributed by atoms with Crippen molar-refractivity contribution in [1.29, 1.82) is 0 Å². The number of aromatic amines is 1. The standard InChI is InChI=1S/C14H14FN3O/c1-8-6-9(15)2-3-10(8)13-17-12-7-16-5-4-11(12)14(19)18-13/h2-3,6,16H,4-5,7H2,1H3,(H,17,18,19). The number of nitrogens with one attached hydrogen (secondary N) is 2. The molecule has 0 radical (unpaired) electrons. The van der Waals surface area contributed by atoms with Crippen LogP contribution in [0.1, 0.15) is 16.8 Å². The highest BCUT2D eigenvalue weighted by molar-refractivity contribution is 5.60. The number of benzene rings is 1. The Kier molecular flexibility index (Phi) is 2.91. The molecule has 4 nitrogen and oxygen atoms in total. The van der Waals surface area contributed by atoms with Crippen molar-refractivity contribution in [2.24, 2.45) is 0 Å². The van der Waals surface area contributed by atoms with E-state index in [2.05, 4.69) is 15.3 Å². The third-order valence-electron chi connectivity index (χ3n) is 3.39. The average molecular weight is 259 g/mol. The van der Waals surface area contributed by atoms with Crippen LogP contribution < -0.4 is 10.9 Å². The first kappa shape index (κ1) is 12.0. The van der Waals surface area contributed by atoms with Crippen molar-refractivity contribution in [3.8, 4) is 11.4 Å². The number of rotatable bonds is 1. The van der Waals surface area contributed by atoms with Crippen LogP contribution in [0.4, 0.5) is 4.39 Å². The van der Waals surface area contributed by atoms with E-state index in [9.17, 15) is 9.18 Å². The van der Waals surface area contributed by atoms with Gasteiger partial charge in [0.05, 0.1) is 5.69 Å². The Hall–Kier alpha value is -2.01. The van der Waals surface area contributed by atoms with Crippen LogP contribution in [0.5, 0.6) is 0 Å². The number of hydrogen-bond acceptors (Lipinski definition) is 3. The van der Waals surface area contributed by atoms with Crippen molar-refractivity contribution < 1.29 is 4.39 Å². The molecule has 1 aromatic heterocycles. The molecule has 0 saturated heterocycles. The van der Waals surface area contributed by atoms with E-state index in [1.165, 1.54) is 12.1 Å². The molecule has 19 heavy (non-hydrogen) atoms. The van der Waals surface area contributed by atoms with Crippen LogP contribution in [-0.2, 0) is 13.0 Å². The summed E-state index contributed by atoms with van der Waals surface area (Å²) in [6.07, 6.45) is 0.695. The van der Waals surface area contributed by atoms with E-state index in [0.29, 0.717) is 18.8 Å². The van der Waals surface area contributed by atoms with Gasteiger partial charge in [-0.25, -0.2) is 9.37 Å². The van der Waals surface area contributed by atoms with E-state index < -0.39 is 0 Å². The number of halogens is 1. The van der Waals surface area contributed by atoms with Crippen molar-refractivity contribution in [3.63, 3.8) is 0 Å². The number of nitrogens with zero attached hydrogens (tertiary/aromatic N) is 1. The van der Waals surface area contributed by atoms with Gasteiger partial charge < -0.3 is 10.3 Å². The summed E-state index contributed by atoms with van der Waals surface area (Å²) in [5, 5.41) is 3.20. The Morgan fingerprint density at radius 2 is 2.21 bits per heavy atom. The molecule has 0 bridgehead atoms. The Labute approximate surface area is 109 Å². The SMILES string of the molecule is Cc1cc(F)ccc1-c1nc2c(c(=O)[nH]1)CCNC2. The molecule has 98 valence electrons. The summed E-state index contributed by atoms with van der Waals surface area (Å²) in [4.78, 5) is 19.3. The highest BCUT2D eigenvalue weighted by atomic mass is 19.1. The molecular formula is C14H14FN3O. The van der Waals surface area contributed by atoms with Gasteiger partial charge in [-0.1, -0.05) is 0 Å². The second-order valence-corrected chi connectivity index (χ2v) is 4.73. The monoisotopic (exact) mass is 259 g/mol. The lowest BCUT2D eigenvalue weighted by Crippen LogP contribution is -2.31. The summed E-state index contributed by atoms with van der Waals surface area (Å²) in [7, 11) is 0. The van der Waals surface area contributed by atoms with Crippen LogP contribution in [-0.4, -0.2) is 16.5 Å². The Morgan fingerprint density at radius 1 is 1.37 bits per heavy atom. The van der Waals surface area contributed by atoms with Gasteiger partial charge in [0.1, 0.15) is 11.6 Å². The lowest BCUT2D eigenvalue weighted by molar-refractivity contribution is 0.619. The number of fused-ring (bicyclic) bond motifs is 1. The van der Waals surface area contributed by atoms with Gasteiger partial charge in [-0.2, -0.15) is 0 Å². The predicted molar refractivity (Wildman–Crippen MR) is 70.4 cm³/mol. The highest BCUT2D eigenvalue weighted by Gasteiger charge is 2.16. The topological polar surface area (TPSA) is 57.8 Å². The van der Waals surface area contributed by atoms with E-state index in [1.807, 2.05) is 0 Å². The average Bonchev–Trinajstić information content (AvgIpc) is 2.38. The number of aryl methyl sites for hydroxylation is 1. The van der Waals surface area contributed by atoms with Gasteiger partial charge in [0.15, 0.2) is 0 Å². The summed E-state index contributed by atoms with van der Waals surface area (Å²) in [6, 6.07) is 4.46. The Bertz CT molecular complexity index is 694. The third-order valence-corrected chi connectivity index (χ3v) is 3.39. The van der Waals surface area contributed by atoms with Gasteiger partial charge in [0, 0.05) is 17.7 Å². The minimum absolute atomic E-state index is 0.0924. The fraction of sp³-hybridized carbons (Fsp3) is 0.286. The molecule has 0 aliphatic carbocycles. The first-order valence-electron chi connectivity index (χ1n) is 6.24. The van der Waals surface area contributed by atoms with Crippen LogP contribution in [0.2, 0.25) is 0 Å². The fourth-order valence-corrected chi connectivity index (χ4v) is 2.39. The van der Waals surface area contributed by atoms with Crippen molar-refractivity contribution in [2.45, 2.75) is 19.9 Å². The maximum atomic E-state index is 13.1. The summed E-state index contributed by atoms with van der Waals surface area (Å²) in [5.74, 6) is 0.216. The largest absolute Gasteiger partial charge is 0.311 e. The first-order chi connectivity index (χ1) is 9.15. The second kappa shape index (κ2) is 4.59. The Morgan fingerprint density at radius 3 is 3.00 bits per heavy atom. The first-order valence-corrected chi connectivity index (χ1v) is 6.24. The van der Waals surface area contributed by atoms with E-state index in [-0.39, 0.29) is 11.4 Å². The molecule has 0 amide bonds. The highest BCUT2D eigenvalue weighted by Crippen LogP contribution is 2.21. The third kappa shape index (κ3) is 2.17. The summed E-state index contributed by atoms with van der Waals surface area (Å²) in [6.45, 7) is 3.20. The molecule has 0 saturated carbocycles. The minimum Gasteiger partial charge on any atom is -0.311 e. The molecule has 0 unspecified atom stereocenters. The van der Waals surface area contributed by atoms with E-state index in [1.54, 1.807) is 13.0 Å². The van der Waals surface area contributed by atoms with Crippen LogP contribution in [0.25, 0.3) is 11.4 Å². The maximum Gasteiger partial charge on any atom is 0.254 e. The smallest absolute Gasteiger partial charge is 0.254 e. The molecule has 1 aliphatic heterocycles. The lowest BCUT2D eigenvalue weighted by atomic mass is 10.1. The zero-order valence-electron chi connectivity index (χ0n) is 10.6. The van der Waals surface area contributed by atoms with Gasteiger partial charge in [0.2, 0.25) is 0 Å². The molecule has 2 N–H and O–H groups in total. The minimum atomic E-state index is -0.289. The van der Waals surface area contributed by atoms with Crippen molar-refractivity contribution in [3.05, 3.63) is 51.2 Å². The molecule has 2 heterocycles. The Balaban J connectivity index is 2.15. The zero-order valence-corrected chi connectivity index (χ0v) is 10.6. The van der Waals surface area contributed by atoms with Crippen molar-refractivity contribution >= 4 is 0 Å². The van der Waals surface area contributed by atoms with Gasteiger partial charge in [-0.3, -0.25) is 4.79 Å². The quantitative estimate of drug-likeness (QED) is 0.816. The maximum absolute atomic E-state index is 13.1. The molecule has 1 aromatic carbocycles. The number of hydrogen-bond donors (Lipinski definition) is 2. The van der Waals surface area contributed by atoms with Gasteiger partial charge in [-0.05, 0) is 43.7 Å². The molecule has 0 fully saturated rings. The van der Waals surface area contributed by atoms with Crippen LogP contribution in [0.15, 0.2) is 23.0 Å². The predicted octanol–water partition coefficient (Wildman–Crippen LogP) is 1.53. The van der Waals surface area contributed by atoms with Crippen molar-refractivity contribution in [1.82, 2.24) is 15.3 Å². The molecular weight excluding hydrogens is 245 g/mol. The molecule has 1 aliphatic rings. The molecule has 5 heteroatoms. The number of aromatic nitrogens is 2. The normalized spacial score (nSPS) is 14.2. The summed E-state index contributed by atoms with van der Waals surface area (Å²) in [5.41, 5.74) is 2.96. The van der Waals surface area contributed by atoms with E-state index >= 15 is 0 Å². The van der Waals surface area contributed by atoms with E-state index in [0.717, 1.165) is 28.9 Å². The summed E-state index contributed by atoms with van der Waals surface area (Å²) >= 11 is 0. The van der Waals surface area contributed by atoms with Crippen molar-refractivity contribution in [2.75, 3.05) is 6.54 Å². The van der Waals surface area contributed by atoms with E-state index in [4.69, 9.17) is 0 Å². The fourth-order valence-electron chi connectivity index (χ4n) is 2.39. The number of H-pyrrole nitrogens is 1. The van der Waals surface area contributed by atoms with Gasteiger partial charge in [-0.15, -0.1) is 0 Å². The second-order valence-electron chi connectivity index (χ2n) is 4.73. The molecule has 0 spiro atoms. The van der Waals surface area contributed by atoms with Crippen LogP contribution in [0, 0.1) is 12.7 Å². The van der Waals surface area contributed by atoms with Crippen LogP contribution >= 0.6 is 0 Å². The molecule has 0 atom stereocenters. The van der Waals surface area contributed by atoms with Crippen LogP contribution in [0.3, 0.4) is 0 Å². The van der Waals surface area contributed by atoms with Gasteiger partial charge in [0.25, 0.3) is 5.56 Å². The summed E-state index contributed by atoms with van der Waals surface area (Å²) < 4.78 is 13.1. The lowest BCUT2D eigenvalue weighted by Gasteiger charge is -2.16. The van der Waals surface area contributed by atoms with Gasteiger partial charge >= 0.3 is 0 Å². The zero-order chi connectivity index (χ0) is 13.4.